The van der Waals surface area contributed by atoms with Crippen LogP contribution < -0.4 is 10.5 Å². The third kappa shape index (κ3) is 1.65. The van der Waals surface area contributed by atoms with Crippen molar-refractivity contribution in [2.45, 2.75) is 19.9 Å². The van der Waals surface area contributed by atoms with Gasteiger partial charge in [0.25, 0.3) is 0 Å². The molecule has 1 aromatic carbocycles. The highest BCUT2D eigenvalue weighted by atomic mass is 19.1. The summed E-state index contributed by atoms with van der Waals surface area (Å²) < 4.78 is 18.3. The lowest BCUT2D eigenvalue weighted by molar-refractivity contribution is 0.356. The van der Waals surface area contributed by atoms with Crippen LogP contribution >= 0.6 is 0 Å². The SMILES string of the molecule is COc1c(C(C)N)cc(C)c(O)c1F. The Morgan fingerprint density at radius 2 is 2.14 bits per heavy atom. The van der Waals surface area contributed by atoms with Crippen molar-refractivity contribution in [2.24, 2.45) is 5.73 Å². The highest BCUT2D eigenvalue weighted by Crippen LogP contribution is 2.35. The summed E-state index contributed by atoms with van der Waals surface area (Å²) in [4.78, 5) is 0. The number of hydrogen-bond donors (Lipinski definition) is 2. The zero-order chi connectivity index (χ0) is 10.9. The Balaban J connectivity index is 3.43. The molecule has 0 bridgehead atoms. The molecule has 1 atom stereocenters. The average Bonchev–Trinajstić information content (AvgIpc) is 2.13. The van der Waals surface area contributed by atoms with Crippen molar-refractivity contribution in [3.05, 3.63) is 23.0 Å². The Labute approximate surface area is 82.3 Å². The molecule has 0 saturated carbocycles. The predicted octanol–water partition coefficient (Wildman–Crippen LogP) is 1.87. The number of aromatic hydroxyl groups is 1. The molecule has 3 nitrogen and oxygen atoms in total. The minimum absolute atomic E-state index is 0.0168. The van der Waals surface area contributed by atoms with Crippen LogP contribution in [0.2, 0.25) is 0 Å². The number of halogens is 1. The average molecular weight is 199 g/mol. The van der Waals surface area contributed by atoms with E-state index in [0.29, 0.717) is 11.1 Å². The fraction of sp³-hybridized carbons (Fsp3) is 0.400. The molecule has 0 spiro atoms. The van der Waals surface area contributed by atoms with Crippen LogP contribution in [-0.2, 0) is 0 Å². The van der Waals surface area contributed by atoms with E-state index in [0.717, 1.165) is 0 Å². The maximum absolute atomic E-state index is 13.5. The number of nitrogens with two attached hydrogens (primary N) is 1. The summed E-state index contributed by atoms with van der Waals surface area (Å²) >= 11 is 0. The lowest BCUT2D eigenvalue weighted by Crippen LogP contribution is -2.08. The Bertz CT molecular complexity index is 350. The molecule has 14 heavy (non-hydrogen) atoms. The van der Waals surface area contributed by atoms with Crippen molar-refractivity contribution >= 4 is 0 Å². The lowest BCUT2D eigenvalue weighted by Gasteiger charge is -2.14. The Morgan fingerprint density at radius 3 is 2.57 bits per heavy atom. The molecule has 0 amide bonds. The molecule has 0 aliphatic heterocycles. The number of ether oxygens (including phenoxy) is 1. The first-order chi connectivity index (χ1) is 6.49. The van der Waals surface area contributed by atoms with Crippen LogP contribution in [0.3, 0.4) is 0 Å². The topological polar surface area (TPSA) is 55.5 Å². The first-order valence-corrected chi connectivity index (χ1v) is 4.30. The smallest absolute Gasteiger partial charge is 0.207 e. The number of phenolic OH excluding ortho intramolecular Hbond substituents is 1. The summed E-state index contributed by atoms with van der Waals surface area (Å²) in [7, 11) is 1.35. The van der Waals surface area contributed by atoms with Crippen LogP contribution in [0.4, 0.5) is 4.39 Å². The molecule has 0 radical (unpaired) electrons. The van der Waals surface area contributed by atoms with Gasteiger partial charge < -0.3 is 15.6 Å². The van der Waals surface area contributed by atoms with Gasteiger partial charge in [0.05, 0.1) is 7.11 Å². The fourth-order valence-corrected chi connectivity index (χ4v) is 1.32. The highest BCUT2D eigenvalue weighted by molar-refractivity contribution is 5.48. The minimum atomic E-state index is -0.750. The van der Waals surface area contributed by atoms with E-state index in [9.17, 15) is 9.50 Å². The van der Waals surface area contributed by atoms with E-state index in [1.54, 1.807) is 19.9 Å². The molecule has 1 rings (SSSR count). The molecule has 0 fully saturated rings. The van der Waals surface area contributed by atoms with Crippen molar-refractivity contribution in [3.63, 3.8) is 0 Å². The highest BCUT2D eigenvalue weighted by Gasteiger charge is 2.18. The van der Waals surface area contributed by atoms with Gasteiger partial charge in [-0.3, -0.25) is 0 Å². The monoisotopic (exact) mass is 199 g/mol. The fourth-order valence-electron chi connectivity index (χ4n) is 1.32. The normalized spacial score (nSPS) is 12.6. The minimum Gasteiger partial charge on any atom is -0.505 e. The van der Waals surface area contributed by atoms with Gasteiger partial charge in [-0.25, -0.2) is 0 Å². The number of phenols is 1. The molecular formula is C10H14FNO2. The van der Waals surface area contributed by atoms with Gasteiger partial charge >= 0.3 is 0 Å². The number of hydrogen-bond acceptors (Lipinski definition) is 3. The predicted molar refractivity (Wildman–Crippen MR) is 52.0 cm³/mol. The molecule has 0 aliphatic rings. The maximum Gasteiger partial charge on any atom is 0.207 e. The van der Waals surface area contributed by atoms with Crippen molar-refractivity contribution < 1.29 is 14.2 Å². The summed E-state index contributed by atoms with van der Waals surface area (Å²) in [6, 6.07) is 1.29. The van der Waals surface area contributed by atoms with E-state index in [1.807, 2.05) is 0 Å². The van der Waals surface area contributed by atoms with Crippen LogP contribution in [0.1, 0.15) is 24.1 Å². The number of rotatable bonds is 2. The first-order valence-electron chi connectivity index (χ1n) is 4.30. The Kier molecular flexibility index (Phi) is 2.96. The molecule has 0 heterocycles. The van der Waals surface area contributed by atoms with E-state index >= 15 is 0 Å². The van der Waals surface area contributed by atoms with Gasteiger partial charge in [0, 0.05) is 11.6 Å². The summed E-state index contributed by atoms with van der Waals surface area (Å²) in [6.45, 7) is 3.34. The molecule has 4 heteroatoms. The summed E-state index contributed by atoms with van der Waals surface area (Å²) in [5, 5.41) is 9.33. The van der Waals surface area contributed by atoms with Crippen molar-refractivity contribution in [2.75, 3.05) is 7.11 Å². The Hall–Kier alpha value is -1.29. The largest absolute Gasteiger partial charge is 0.505 e. The van der Waals surface area contributed by atoms with Gasteiger partial charge in [0.1, 0.15) is 0 Å². The zero-order valence-electron chi connectivity index (χ0n) is 8.47. The number of benzene rings is 1. The van der Waals surface area contributed by atoms with E-state index < -0.39 is 5.82 Å². The van der Waals surface area contributed by atoms with Crippen molar-refractivity contribution in [1.29, 1.82) is 0 Å². The second-order valence-electron chi connectivity index (χ2n) is 3.27. The molecule has 0 aliphatic carbocycles. The summed E-state index contributed by atoms with van der Waals surface area (Å²) in [5.74, 6) is -1.12. The molecule has 3 N–H and O–H groups in total. The maximum atomic E-state index is 13.5. The number of methoxy groups -OCH3 is 1. The molecule has 1 aromatic rings. The van der Waals surface area contributed by atoms with E-state index in [2.05, 4.69) is 0 Å². The van der Waals surface area contributed by atoms with Crippen molar-refractivity contribution in [1.82, 2.24) is 0 Å². The van der Waals surface area contributed by atoms with Gasteiger partial charge in [-0.05, 0) is 25.5 Å². The second kappa shape index (κ2) is 3.84. The van der Waals surface area contributed by atoms with E-state index in [1.165, 1.54) is 7.11 Å². The van der Waals surface area contributed by atoms with Crippen LogP contribution in [-0.4, -0.2) is 12.2 Å². The lowest BCUT2D eigenvalue weighted by atomic mass is 10.0. The molecule has 0 aromatic heterocycles. The van der Waals surface area contributed by atoms with Crippen LogP contribution in [0, 0.1) is 12.7 Å². The van der Waals surface area contributed by atoms with Gasteiger partial charge in [-0.15, -0.1) is 0 Å². The third-order valence-electron chi connectivity index (χ3n) is 2.11. The number of aryl methyl sites for hydroxylation is 1. The molecular weight excluding hydrogens is 185 g/mol. The van der Waals surface area contributed by atoms with E-state index in [-0.39, 0.29) is 17.5 Å². The summed E-state index contributed by atoms with van der Waals surface area (Å²) in [6.07, 6.45) is 0. The van der Waals surface area contributed by atoms with Crippen LogP contribution in [0.25, 0.3) is 0 Å². The third-order valence-corrected chi connectivity index (χ3v) is 2.11. The van der Waals surface area contributed by atoms with Gasteiger partial charge in [-0.2, -0.15) is 4.39 Å². The van der Waals surface area contributed by atoms with Crippen LogP contribution in [0.5, 0.6) is 11.5 Å². The molecule has 78 valence electrons. The van der Waals surface area contributed by atoms with Crippen molar-refractivity contribution in [3.8, 4) is 11.5 Å². The van der Waals surface area contributed by atoms with Gasteiger partial charge in [0.2, 0.25) is 5.82 Å². The zero-order valence-corrected chi connectivity index (χ0v) is 8.47. The summed E-state index contributed by atoms with van der Waals surface area (Å²) in [5.41, 5.74) is 6.66. The van der Waals surface area contributed by atoms with Gasteiger partial charge in [0.15, 0.2) is 11.5 Å². The second-order valence-corrected chi connectivity index (χ2v) is 3.27. The van der Waals surface area contributed by atoms with Crippen LogP contribution in [0.15, 0.2) is 6.07 Å². The first kappa shape index (κ1) is 10.8. The van der Waals surface area contributed by atoms with E-state index in [4.69, 9.17) is 10.5 Å². The standard InChI is InChI=1S/C10H14FNO2/c1-5-4-7(6(2)12)10(14-3)8(11)9(5)13/h4,6,13H,12H2,1-3H3. The van der Waals surface area contributed by atoms with Gasteiger partial charge in [-0.1, -0.05) is 0 Å². The molecule has 1 unspecified atom stereocenters. The molecule has 0 saturated heterocycles. The quantitative estimate of drug-likeness (QED) is 0.764. The Morgan fingerprint density at radius 1 is 1.57 bits per heavy atom.